The summed E-state index contributed by atoms with van der Waals surface area (Å²) in [5.74, 6) is 1.98. The summed E-state index contributed by atoms with van der Waals surface area (Å²) < 4.78 is 2.47. The molecular weight excluding hydrogens is 731 g/mol. The maximum absolute atomic E-state index is 5.25. The molecule has 3 nitrogen and oxygen atoms in total. The molecule has 1 aliphatic carbocycles. The summed E-state index contributed by atoms with van der Waals surface area (Å²) in [5, 5.41) is 2.40. The molecule has 0 N–H and O–H groups in total. The van der Waals surface area contributed by atoms with Crippen LogP contribution in [0.25, 0.3) is 76.6 Å². The first kappa shape index (κ1) is 32.6. The van der Waals surface area contributed by atoms with E-state index in [1.807, 2.05) is 47.4 Å². The van der Waals surface area contributed by atoms with E-state index in [4.69, 9.17) is 15.0 Å². The van der Waals surface area contributed by atoms with Gasteiger partial charge in [-0.2, -0.15) is 0 Å². The zero-order chi connectivity index (χ0) is 37.5. The Morgan fingerprint density at radius 1 is 0.351 bits per heavy atom. The number of nitrogens with zero attached hydrogens (tertiary/aromatic N) is 3. The van der Waals surface area contributed by atoms with Crippen LogP contribution in [0.1, 0.15) is 22.3 Å². The highest BCUT2D eigenvalue weighted by Crippen LogP contribution is 2.63. The van der Waals surface area contributed by atoms with E-state index in [0.717, 1.165) is 22.3 Å². The van der Waals surface area contributed by atoms with Gasteiger partial charge in [-0.05, 0) is 74.8 Å². The van der Waals surface area contributed by atoms with Gasteiger partial charge in [0.1, 0.15) is 0 Å². The van der Waals surface area contributed by atoms with Crippen LogP contribution >= 0.6 is 23.1 Å². The highest BCUT2D eigenvalue weighted by atomic mass is 32.2. The molecule has 0 amide bonds. The van der Waals surface area contributed by atoms with E-state index in [0.29, 0.717) is 17.5 Å². The highest BCUT2D eigenvalue weighted by molar-refractivity contribution is 7.99. The zero-order valence-corrected chi connectivity index (χ0v) is 32.2. The van der Waals surface area contributed by atoms with Crippen molar-refractivity contribution in [3.63, 3.8) is 0 Å². The van der Waals surface area contributed by atoms with Gasteiger partial charge in [-0.25, -0.2) is 15.0 Å². The van der Waals surface area contributed by atoms with Gasteiger partial charge >= 0.3 is 0 Å². The summed E-state index contributed by atoms with van der Waals surface area (Å²) in [5.41, 5.74) is 12.8. The average Bonchev–Trinajstić information content (AvgIpc) is 3.79. The molecule has 0 saturated heterocycles. The number of aromatic nitrogens is 3. The molecule has 2 aromatic heterocycles. The number of fused-ring (bicyclic) bond motifs is 12. The van der Waals surface area contributed by atoms with E-state index in [9.17, 15) is 0 Å². The Kier molecular flexibility index (Phi) is 7.25. The largest absolute Gasteiger partial charge is 0.208 e. The molecule has 0 saturated carbocycles. The molecule has 0 unspecified atom stereocenters. The van der Waals surface area contributed by atoms with Crippen LogP contribution in [0.15, 0.2) is 198 Å². The monoisotopic (exact) mass is 761 g/mol. The molecule has 2 aliphatic rings. The van der Waals surface area contributed by atoms with E-state index in [1.54, 1.807) is 0 Å². The van der Waals surface area contributed by atoms with Gasteiger partial charge < -0.3 is 0 Å². The van der Waals surface area contributed by atoms with Crippen LogP contribution in [0, 0.1) is 0 Å². The summed E-state index contributed by atoms with van der Waals surface area (Å²) in [6.45, 7) is 0. The van der Waals surface area contributed by atoms with Crippen molar-refractivity contribution < 1.29 is 0 Å². The molecule has 0 fully saturated rings. The lowest BCUT2D eigenvalue weighted by atomic mass is 9.67. The van der Waals surface area contributed by atoms with Crippen molar-refractivity contribution in [3.05, 3.63) is 210 Å². The molecule has 8 aromatic carbocycles. The quantitative estimate of drug-likeness (QED) is 0.179. The van der Waals surface area contributed by atoms with Crippen LogP contribution < -0.4 is 0 Å². The third-order valence-electron chi connectivity index (χ3n) is 11.6. The fraction of sp³-hybridized carbons (Fsp3) is 0.0192. The molecule has 0 radical (unpaired) electrons. The molecule has 12 rings (SSSR count). The molecular formula is C52H31N3S2. The first-order valence-electron chi connectivity index (χ1n) is 19.2. The van der Waals surface area contributed by atoms with Gasteiger partial charge in [0.2, 0.25) is 0 Å². The summed E-state index contributed by atoms with van der Waals surface area (Å²) >= 11 is 3.73. The van der Waals surface area contributed by atoms with Crippen molar-refractivity contribution in [2.24, 2.45) is 0 Å². The second-order valence-corrected chi connectivity index (χ2v) is 16.8. The first-order chi connectivity index (χ1) is 28.2. The predicted molar refractivity (Wildman–Crippen MR) is 236 cm³/mol. The smallest absolute Gasteiger partial charge is 0.164 e. The Morgan fingerprint density at radius 3 is 1.58 bits per heavy atom. The van der Waals surface area contributed by atoms with E-state index >= 15 is 0 Å². The van der Waals surface area contributed by atoms with Crippen molar-refractivity contribution in [2.75, 3.05) is 0 Å². The number of hydrogen-bond donors (Lipinski definition) is 0. The topological polar surface area (TPSA) is 38.7 Å². The Hall–Kier alpha value is -6.66. The Labute approximate surface area is 338 Å². The number of hydrogen-bond acceptors (Lipinski definition) is 5. The minimum absolute atomic E-state index is 0.415. The van der Waals surface area contributed by atoms with Crippen molar-refractivity contribution in [3.8, 4) is 56.4 Å². The SMILES string of the molecule is c1ccc(-c2ccc(-c3nc(-c4ccccc4)nc(-c4cccc5sc6cc7c(cc6c45)-c4ccccc4C74c5ccccc5Sc5ccccc54)n3)cc2)cc1. The van der Waals surface area contributed by atoms with Crippen molar-refractivity contribution in [1.82, 2.24) is 15.0 Å². The van der Waals surface area contributed by atoms with Crippen molar-refractivity contribution in [1.29, 1.82) is 0 Å². The summed E-state index contributed by atoms with van der Waals surface area (Å²) in [6, 6.07) is 67.8. The minimum atomic E-state index is -0.415. The molecule has 1 aliphatic heterocycles. The van der Waals surface area contributed by atoms with Gasteiger partial charge in [-0.3, -0.25) is 0 Å². The van der Waals surface area contributed by atoms with Crippen LogP contribution in [0.5, 0.6) is 0 Å². The van der Waals surface area contributed by atoms with Gasteiger partial charge in [0.25, 0.3) is 0 Å². The van der Waals surface area contributed by atoms with Gasteiger partial charge in [0.05, 0.1) is 5.41 Å². The maximum Gasteiger partial charge on any atom is 0.164 e. The van der Waals surface area contributed by atoms with E-state index in [2.05, 4.69) is 164 Å². The average molecular weight is 762 g/mol. The van der Waals surface area contributed by atoms with Gasteiger partial charge in [-0.1, -0.05) is 169 Å². The highest BCUT2D eigenvalue weighted by Gasteiger charge is 2.50. The summed E-state index contributed by atoms with van der Waals surface area (Å²) in [7, 11) is 0. The minimum Gasteiger partial charge on any atom is -0.208 e. The first-order valence-corrected chi connectivity index (χ1v) is 20.8. The maximum atomic E-state index is 5.25. The molecule has 5 heteroatoms. The molecule has 57 heavy (non-hydrogen) atoms. The van der Waals surface area contributed by atoms with E-state index < -0.39 is 5.41 Å². The molecule has 266 valence electrons. The lowest BCUT2D eigenvalue weighted by Gasteiger charge is -2.39. The Morgan fingerprint density at radius 2 is 0.877 bits per heavy atom. The zero-order valence-electron chi connectivity index (χ0n) is 30.6. The van der Waals surface area contributed by atoms with Crippen molar-refractivity contribution >= 4 is 43.3 Å². The number of thiophene rings is 1. The van der Waals surface area contributed by atoms with Crippen molar-refractivity contribution in [2.45, 2.75) is 15.2 Å². The third kappa shape index (κ3) is 4.89. The van der Waals surface area contributed by atoms with Crippen LogP contribution in [0.3, 0.4) is 0 Å². The fourth-order valence-corrected chi connectivity index (χ4v) is 11.5. The number of benzene rings is 8. The number of rotatable bonds is 4. The van der Waals surface area contributed by atoms with Crippen LogP contribution in [0.4, 0.5) is 0 Å². The van der Waals surface area contributed by atoms with Gasteiger partial charge in [0, 0.05) is 46.7 Å². The van der Waals surface area contributed by atoms with E-state index in [-0.39, 0.29) is 0 Å². The lowest BCUT2D eigenvalue weighted by molar-refractivity contribution is 0.723. The Bertz CT molecular complexity index is 3160. The molecule has 10 aromatic rings. The standard InChI is InChI=1S/C52H31N3S2/c1-3-14-32(15-4-1)33-26-28-35(29-27-33)50-53-49(34-16-5-2-6-17-34)54-51(55-50)37-19-13-25-46-48(37)39-30-38-36-18-7-8-20-40(36)52(43(38)31-47(39)57-46)41-21-9-11-23-44(41)56-45-24-12-10-22-42(45)52/h1-31H. The van der Waals surface area contributed by atoms with Gasteiger partial charge in [-0.15, -0.1) is 11.3 Å². The Balaban J connectivity index is 1.09. The second kappa shape index (κ2) is 12.7. The molecule has 0 atom stereocenters. The molecule has 1 spiro atoms. The van der Waals surface area contributed by atoms with Crippen LogP contribution in [0.2, 0.25) is 0 Å². The van der Waals surface area contributed by atoms with Crippen LogP contribution in [-0.4, -0.2) is 15.0 Å². The molecule has 3 heterocycles. The second-order valence-electron chi connectivity index (χ2n) is 14.7. The predicted octanol–water partition coefficient (Wildman–Crippen LogP) is 13.7. The lowest BCUT2D eigenvalue weighted by Crippen LogP contribution is -2.31. The summed E-state index contributed by atoms with van der Waals surface area (Å²) in [4.78, 5) is 18.1. The molecule has 0 bridgehead atoms. The van der Waals surface area contributed by atoms with Gasteiger partial charge in [0.15, 0.2) is 17.5 Å². The normalized spacial score (nSPS) is 13.3. The fourth-order valence-electron chi connectivity index (χ4n) is 9.14. The van der Waals surface area contributed by atoms with E-state index in [1.165, 1.54) is 68.9 Å². The summed E-state index contributed by atoms with van der Waals surface area (Å²) in [6.07, 6.45) is 0. The third-order valence-corrected chi connectivity index (χ3v) is 13.9. The van der Waals surface area contributed by atoms with Crippen LogP contribution in [-0.2, 0) is 5.41 Å².